The summed E-state index contributed by atoms with van der Waals surface area (Å²) in [6.07, 6.45) is 4.32. The molecule has 0 radical (unpaired) electrons. The van der Waals surface area contributed by atoms with Gasteiger partial charge in [-0.1, -0.05) is 11.6 Å². The van der Waals surface area contributed by atoms with Crippen molar-refractivity contribution in [1.29, 1.82) is 0 Å². The molecule has 0 aliphatic rings. The maximum Gasteiger partial charge on any atom is 0.337 e. The van der Waals surface area contributed by atoms with Gasteiger partial charge in [0.15, 0.2) is 0 Å². The minimum Gasteiger partial charge on any atom is -0.478 e. The minimum atomic E-state index is -1.12. The molecule has 0 fully saturated rings. The summed E-state index contributed by atoms with van der Waals surface area (Å²) in [5, 5.41) is 11.5. The summed E-state index contributed by atoms with van der Waals surface area (Å²) in [5.41, 5.74) is 0.393. The van der Waals surface area contributed by atoms with Crippen LogP contribution < -0.4 is 5.32 Å². The first kappa shape index (κ1) is 13.9. The summed E-state index contributed by atoms with van der Waals surface area (Å²) < 4.78 is 5.04. The fourth-order valence-corrected chi connectivity index (χ4v) is 1.76. The smallest absolute Gasteiger partial charge is 0.337 e. The molecule has 1 aromatic carbocycles. The van der Waals surface area contributed by atoms with Crippen LogP contribution >= 0.6 is 11.6 Å². The van der Waals surface area contributed by atoms with E-state index in [9.17, 15) is 9.59 Å². The van der Waals surface area contributed by atoms with Crippen LogP contribution in [0.25, 0.3) is 6.08 Å². The van der Waals surface area contributed by atoms with Gasteiger partial charge in [-0.2, -0.15) is 0 Å². The van der Waals surface area contributed by atoms with Crippen molar-refractivity contribution in [3.05, 3.63) is 59.0 Å². The van der Waals surface area contributed by atoms with Crippen LogP contribution in [0.2, 0.25) is 5.02 Å². The molecular weight excluding hydrogens is 282 g/mol. The molecule has 2 aromatic rings. The van der Waals surface area contributed by atoms with E-state index < -0.39 is 5.97 Å². The first-order valence-electron chi connectivity index (χ1n) is 5.61. The fraction of sp³-hybridized carbons (Fsp3) is 0. The van der Waals surface area contributed by atoms with Crippen molar-refractivity contribution < 1.29 is 19.1 Å². The minimum absolute atomic E-state index is 0.0178. The van der Waals surface area contributed by atoms with E-state index in [4.69, 9.17) is 21.1 Å². The number of carbonyl (C=O) groups is 2. The van der Waals surface area contributed by atoms with Crippen molar-refractivity contribution in [1.82, 2.24) is 0 Å². The number of aromatic carboxylic acids is 1. The van der Waals surface area contributed by atoms with Gasteiger partial charge in [0.2, 0.25) is 5.91 Å². The van der Waals surface area contributed by atoms with Crippen molar-refractivity contribution in [3.63, 3.8) is 0 Å². The molecule has 1 aromatic heterocycles. The van der Waals surface area contributed by atoms with Crippen LogP contribution in [0, 0.1) is 0 Å². The van der Waals surface area contributed by atoms with Crippen molar-refractivity contribution >= 4 is 35.2 Å². The number of benzene rings is 1. The van der Waals surface area contributed by atoms with Crippen LogP contribution in [0.15, 0.2) is 47.1 Å². The highest BCUT2D eigenvalue weighted by Gasteiger charge is 2.09. The second-order valence-corrected chi connectivity index (χ2v) is 4.24. The highest BCUT2D eigenvalue weighted by molar-refractivity contribution is 6.33. The van der Waals surface area contributed by atoms with Crippen molar-refractivity contribution in [2.45, 2.75) is 0 Å². The monoisotopic (exact) mass is 291 g/mol. The molecule has 1 heterocycles. The zero-order valence-corrected chi connectivity index (χ0v) is 10.9. The Morgan fingerprint density at radius 1 is 1.30 bits per heavy atom. The Kier molecular flexibility index (Phi) is 4.22. The molecule has 0 aliphatic carbocycles. The average Bonchev–Trinajstić information content (AvgIpc) is 2.89. The van der Waals surface area contributed by atoms with E-state index in [1.54, 1.807) is 12.1 Å². The zero-order valence-electron chi connectivity index (χ0n) is 10.2. The predicted molar refractivity (Wildman–Crippen MR) is 74.8 cm³/mol. The zero-order chi connectivity index (χ0) is 14.5. The Labute approximate surface area is 119 Å². The van der Waals surface area contributed by atoms with Crippen molar-refractivity contribution in [3.8, 4) is 0 Å². The molecule has 0 unspecified atom stereocenters. The van der Waals surface area contributed by atoms with Gasteiger partial charge < -0.3 is 14.8 Å². The molecule has 0 saturated carbocycles. The maximum atomic E-state index is 11.6. The van der Waals surface area contributed by atoms with Crippen LogP contribution in [0.1, 0.15) is 16.1 Å². The molecule has 0 atom stereocenters. The Balaban J connectivity index is 2.05. The van der Waals surface area contributed by atoms with Crippen molar-refractivity contribution in [2.24, 2.45) is 0 Å². The number of halogens is 1. The molecule has 2 N–H and O–H groups in total. The van der Waals surface area contributed by atoms with Gasteiger partial charge in [-0.15, -0.1) is 0 Å². The molecule has 6 heteroatoms. The lowest BCUT2D eigenvalue weighted by molar-refractivity contribution is -0.111. The number of carbonyl (C=O) groups excluding carboxylic acids is 1. The van der Waals surface area contributed by atoms with E-state index in [2.05, 4.69) is 5.32 Å². The average molecular weight is 292 g/mol. The van der Waals surface area contributed by atoms with Crippen LogP contribution in [0.4, 0.5) is 5.69 Å². The number of carboxylic acids is 1. The maximum absolute atomic E-state index is 11.6. The predicted octanol–water partition coefficient (Wildman–Crippen LogP) is 3.28. The number of rotatable bonds is 4. The summed E-state index contributed by atoms with van der Waals surface area (Å²) in [7, 11) is 0. The lowest BCUT2D eigenvalue weighted by Gasteiger charge is -2.04. The van der Waals surface area contributed by atoms with E-state index in [1.165, 1.54) is 36.6 Å². The largest absolute Gasteiger partial charge is 0.478 e. The molecule has 102 valence electrons. The molecule has 2 rings (SSSR count). The van der Waals surface area contributed by atoms with E-state index >= 15 is 0 Å². The first-order chi connectivity index (χ1) is 9.56. The summed E-state index contributed by atoms with van der Waals surface area (Å²) in [5.74, 6) is -0.939. The standard InChI is InChI=1S/C14H10ClNO4/c15-12-8-9(3-5-11(12)14(18)19)16-13(17)6-4-10-2-1-7-20-10/h1-8H,(H,16,17)(H,18,19)/b6-4+. The quantitative estimate of drug-likeness (QED) is 0.847. The van der Waals surface area contributed by atoms with Crippen LogP contribution in [0.3, 0.4) is 0 Å². The third kappa shape index (κ3) is 3.49. The van der Waals surface area contributed by atoms with Crippen LogP contribution in [-0.4, -0.2) is 17.0 Å². The molecule has 20 heavy (non-hydrogen) atoms. The normalized spacial score (nSPS) is 10.7. The third-order valence-corrected chi connectivity index (χ3v) is 2.72. The van der Waals surface area contributed by atoms with Crippen LogP contribution in [0.5, 0.6) is 0 Å². The van der Waals surface area contributed by atoms with E-state index in [1.807, 2.05) is 0 Å². The van der Waals surface area contributed by atoms with E-state index in [-0.39, 0.29) is 16.5 Å². The molecule has 5 nitrogen and oxygen atoms in total. The number of amides is 1. The third-order valence-electron chi connectivity index (χ3n) is 2.41. The fourth-order valence-electron chi connectivity index (χ4n) is 1.49. The van der Waals surface area contributed by atoms with Gasteiger partial charge in [0.25, 0.3) is 0 Å². The van der Waals surface area contributed by atoms with E-state index in [0.29, 0.717) is 11.4 Å². The molecular formula is C14H10ClNO4. The second-order valence-electron chi connectivity index (χ2n) is 3.84. The van der Waals surface area contributed by atoms with Crippen molar-refractivity contribution in [2.75, 3.05) is 5.32 Å². The van der Waals surface area contributed by atoms with E-state index in [0.717, 1.165) is 0 Å². The summed E-state index contributed by atoms with van der Waals surface area (Å²) in [4.78, 5) is 22.4. The number of nitrogens with one attached hydrogen (secondary N) is 1. The molecule has 0 aliphatic heterocycles. The van der Waals surface area contributed by atoms with Gasteiger partial charge in [-0.3, -0.25) is 4.79 Å². The lowest BCUT2D eigenvalue weighted by atomic mass is 10.2. The number of anilines is 1. The Morgan fingerprint density at radius 3 is 2.70 bits per heavy atom. The lowest BCUT2D eigenvalue weighted by Crippen LogP contribution is -2.08. The molecule has 1 amide bonds. The van der Waals surface area contributed by atoms with Gasteiger partial charge in [-0.25, -0.2) is 4.79 Å². The van der Waals surface area contributed by atoms with Gasteiger partial charge in [0, 0.05) is 11.8 Å². The molecule has 0 spiro atoms. The second kappa shape index (κ2) is 6.08. The topological polar surface area (TPSA) is 79.5 Å². The summed E-state index contributed by atoms with van der Waals surface area (Å²) in [6, 6.07) is 7.60. The Morgan fingerprint density at radius 2 is 2.10 bits per heavy atom. The Bertz CT molecular complexity index is 662. The summed E-state index contributed by atoms with van der Waals surface area (Å²) in [6.45, 7) is 0. The SMILES string of the molecule is O=C(/C=C/c1ccco1)Nc1ccc(C(=O)O)c(Cl)c1. The number of furan rings is 1. The van der Waals surface area contributed by atoms with Gasteiger partial charge in [0.05, 0.1) is 16.8 Å². The number of carboxylic acid groups (broad SMARTS) is 1. The number of hydrogen-bond donors (Lipinski definition) is 2. The highest BCUT2D eigenvalue weighted by atomic mass is 35.5. The van der Waals surface area contributed by atoms with Crippen LogP contribution in [-0.2, 0) is 4.79 Å². The molecule has 0 saturated heterocycles. The Hall–Kier alpha value is -2.53. The van der Waals surface area contributed by atoms with Gasteiger partial charge >= 0.3 is 5.97 Å². The number of hydrogen-bond acceptors (Lipinski definition) is 3. The molecule has 0 bridgehead atoms. The summed E-state index contributed by atoms with van der Waals surface area (Å²) >= 11 is 5.80. The first-order valence-corrected chi connectivity index (χ1v) is 5.99. The van der Waals surface area contributed by atoms with Gasteiger partial charge in [-0.05, 0) is 36.4 Å². The van der Waals surface area contributed by atoms with Gasteiger partial charge in [0.1, 0.15) is 5.76 Å². The highest BCUT2D eigenvalue weighted by Crippen LogP contribution is 2.21.